The number of fused-ring (bicyclic) bond motifs is 1. The first-order chi connectivity index (χ1) is 9.58. The molecule has 104 valence electrons. The Bertz CT molecular complexity index is 680. The molecule has 5 heteroatoms. The van der Waals surface area contributed by atoms with Gasteiger partial charge in [0.2, 0.25) is 5.78 Å². The molecule has 20 heavy (non-hydrogen) atoms. The lowest BCUT2D eigenvalue weighted by molar-refractivity contribution is -0.139. The maximum Gasteiger partial charge on any atom is 0.312 e. The van der Waals surface area contributed by atoms with Crippen molar-refractivity contribution in [2.24, 2.45) is 0 Å². The third kappa shape index (κ3) is 1.95. The minimum atomic E-state index is -0.836. The van der Waals surface area contributed by atoms with Crippen LogP contribution in [0.1, 0.15) is 46.3 Å². The number of hydrogen-bond acceptors (Lipinski definition) is 3. The van der Waals surface area contributed by atoms with Gasteiger partial charge in [-0.05, 0) is 43.5 Å². The molecule has 1 N–H and O–H groups in total. The van der Waals surface area contributed by atoms with Crippen molar-refractivity contribution in [3.05, 3.63) is 47.2 Å². The molecule has 1 unspecified atom stereocenters. The molecular formula is C15H15NO4. The van der Waals surface area contributed by atoms with E-state index in [-0.39, 0.29) is 5.78 Å². The highest BCUT2D eigenvalue weighted by atomic mass is 16.4. The van der Waals surface area contributed by atoms with Crippen LogP contribution in [0.25, 0.3) is 0 Å². The lowest BCUT2D eigenvalue weighted by Gasteiger charge is -2.22. The molecule has 0 aromatic carbocycles. The van der Waals surface area contributed by atoms with Crippen molar-refractivity contribution in [2.75, 3.05) is 0 Å². The number of carboxylic acids is 1. The number of aryl methyl sites for hydroxylation is 1. The van der Waals surface area contributed by atoms with E-state index >= 15 is 0 Å². The summed E-state index contributed by atoms with van der Waals surface area (Å²) in [5.74, 6) is -1.27. The molecule has 0 radical (unpaired) electrons. The Morgan fingerprint density at radius 3 is 2.85 bits per heavy atom. The SMILES string of the molecule is Cc1coc(C(=O)c2ccc3n2CCCC3C(=O)O)c1. The molecule has 0 aliphatic carbocycles. The van der Waals surface area contributed by atoms with Crippen LogP contribution in [-0.4, -0.2) is 21.4 Å². The van der Waals surface area contributed by atoms with Gasteiger partial charge in [0, 0.05) is 12.2 Å². The molecule has 1 aliphatic heterocycles. The summed E-state index contributed by atoms with van der Waals surface area (Å²) in [6, 6.07) is 5.12. The fourth-order valence-corrected chi connectivity index (χ4v) is 2.76. The summed E-state index contributed by atoms with van der Waals surface area (Å²) in [6.45, 7) is 2.53. The predicted molar refractivity (Wildman–Crippen MR) is 70.9 cm³/mol. The van der Waals surface area contributed by atoms with E-state index in [1.807, 2.05) is 11.5 Å². The summed E-state index contributed by atoms with van der Waals surface area (Å²) in [5.41, 5.74) is 2.10. The van der Waals surface area contributed by atoms with E-state index in [0.717, 1.165) is 12.0 Å². The van der Waals surface area contributed by atoms with Crippen molar-refractivity contribution in [1.29, 1.82) is 0 Å². The molecule has 2 aromatic heterocycles. The number of hydrogen-bond donors (Lipinski definition) is 1. The third-order valence-electron chi connectivity index (χ3n) is 3.73. The molecule has 1 aliphatic rings. The summed E-state index contributed by atoms with van der Waals surface area (Å²) < 4.78 is 7.04. The predicted octanol–water partition coefficient (Wildman–Crippen LogP) is 2.58. The van der Waals surface area contributed by atoms with Crippen LogP contribution in [0, 0.1) is 6.92 Å². The number of rotatable bonds is 3. The van der Waals surface area contributed by atoms with Gasteiger partial charge < -0.3 is 14.1 Å². The second-order valence-electron chi connectivity index (χ2n) is 5.15. The van der Waals surface area contributed by atoms with Gasteiger partial charge in [0.15, 0.2) is 5.76 Å². The summed E-state index contributed by atoms with van der Waals surface area (Å²) in [4.78, 5) is 23.7. The van der Waals surface area contributed by atoms with Crippen molar-refractivity contribution in [3.8, 4) is 0 Å². The Morgan fingerprint density at radius 1 is 1.40 bits per heavy atom. The van der Waals surface area contributed by atoms with E-state index in [2.05, 4.69) is 0 Å². The van der Waals surface area contributed by atoms with Gasteiger partial charge in [-0.3, -0.25) is 9.59 Å². The van der Waals surface area contributed by atoms with Gasteiger partial charge in [-0.1, -0.05) is 0 Å². The van der Waals surface area contributed by atoms with Crippen molar-refractivity contribution >= 4 is 11.8 Å². The van der Waals surface area contributed by atoms with Crippen molar-refractivity contribution in [3.63, 3.8) is 0 Å². The van der Waals surface area contributed by atoms with Crippen LogP contribution in [0.2, 0.25) is 0 Å². The summed E-state index contributed by atoms with van der Waals surface area (Å²) in [7, 11) is 0. The zero-order valence-corrected chi connectivity index (χ0v) is 11.1. The number of aliphatic carboxylic acids is 1. The number of furan rings is 1. The summed E-state index contributed by atoms with van der Waals surface area (Å²) >= 11 is 0. The second-order valence-corrected chi connectivity index (χ2v) is 5.15. The molecule has 5 nitrogen and oxygen atoms in total. The fourth-order valence-electron chi connectivity index (χ4n) is 2.76. The Morgan fingerprint density at radius 2 is 2.20 bits per heavy atom. The van der Waals surface area contributed by atoms with E-state index < -0.39 is 11.9 Å². The van der Waals surface area contributed by atoms with E-state index in [9.17, 15) is 14.7 Å². The topological polar surface area (TPSA) is 72.4 Å². The highest BCUT2D eigenvalue weighted by molar-refractivity contribution is 6.06. The van der Waals surface area contributed by atoms with Gasteiger partial charge >= 0.3 is 5.97 Å². The molecule has 0 saturated carbocycles. The van der Waals surface area contributed by atoms with Gasteiger partial charge in [0.25, 0.3) is 0 Å². The van der Waals surface area contributed by atoms with Crippen LogP contribution in [-0.2, 0) is 11.3 Å². The number of carboxylic acid groups (broad SMARTS) is 1. The highest BCUT2D eigenvalue weighted by Crippen LogP contribution is 2.30. The van der Waals surface area contributed by atoms with Crippen LogP contribution in [0.3, 0.4) is 0 Å². The van der Waals surface area contributed by atoms with Gasteiger partial charge in [-0.15, -0.1) is 0 Å². The van der Waals surface area contributed by atoms with Gasteiger partial charge in [-0.2, -0.15) is 0 Å². The first-order valence-corrected chi connectivity index (χ1v) is 6.60. The van der Waals surface area contributed by atoms with Crippen molar-refractivity contribution in [1.82, 2.24) is 4.57 Å². The van der Waals surface area contributed by atoms with Crippen LogP contribution in [0.5, 0.6) is 0 Å². The van der Waals surface area contributed by atoms with E-state index in [4.69, 9.17) is 4.42 Å². The van der Waals surface area contributed by atoms with E-state index in [1.165, 1.54) is 6.26 Å². The Kier molecular flexibility index (Phi) is 2.97. The minimum absolute atomic E-state index is 0.199. The number of ketones is 1. The van der Waals surface area contributed by atoms with Crippen molar-refractivity contribution < 1.29 is 19.1 Å². The first-order valence-electron chi connectivity index (χ1n) is 6.60. The van der Waals surface area contributed by atoms with Crippen LogP contribution >= 0.6 is 0 Å². The average Bonchev–Trinajstić information content (AvgIpc) is 3.03. The Hall–Kier alpha value is -2.30. The lowest BCUT2D eigenvalue weighted by Crippen LogP contribution is -2.23. The average molecular weight is 273 g/mol. The molecule has 0 bridgehead atoms. The largest absolute Gasteiger partial charge is 0.481 e. The number of carbonyl (C=O) groups excluding carboxylic acids is 1. The summed E-state index contributed by atoms with van der Waals surface area (Å²) in [6.07, 6.45) is 2.91. The standard InChI is InChI=1S/C15H15NO4/c1-9-7-13(20-8-9)14(17)12-5-4-11-10(15(18)19)3-2-6-16(11)12/h4-5,7-8,10H,2-3,6H2,1H3,(H,18,19). The van der Waals surface area contributed by atoms with Crippen LogP contribution < -0.4 is 0 Å². The smallest absolute Gasteiger partial charge is 0.312 e. The third-order valence-corrected chi connectivity index (χ3v) is 3.73. The van der Waals surface area contributed by atoms with Crippen LogP contribution in [0.15, 0.2) is 28.9 Å². The quantitative estimate of drug-likeness (QED) is 0.872. The molecule has 0 amide bonds. The molecule has 3 heterocycles. The zero-order valence-electron chi connectivity index (χ0n) is 11.1. The van der Waals surface area contributed by atoms with E-state index in [0.29, 0.717) is 30.1 Å². The number of aromatic nitrogens is 1. The molecule has 0 fully saturated rings. The normalized spacial score (nSPS) is 17.8. The Balaban J connectivity index is 2.00. The molecular weight excluding hydrogens is 258 g/mol. The second kappa shape index (κ2) is 4.67. The molecule has 0 saturated heterocycles. The van der Waals surface area contributed by atoms with Gasteiger partial charge in [0.1, 0.15) is 0 Å². The van der Waals surface area contributed by atoms with Crippen LogP contribution in [0.4, 0.5) is 0 Å². The zero-order chi connectivity index (χ0) is 14.3. The molecule has 3 rings (SSSR count). The molecule has 1 atom stereocenters. The fraction of sp³-hybridized carbons (Fsp3) is 0.333. The number of nitrogens with zero attached hydrogens (tertiary/aromatic N) is 1. The lowest BCUT2D eigenvalue weighted by atomic mass is 9.96. The Labute approximate surface area is 115 Å². The number of carbonyl (C=O) groups is 2. The first kappa shape index (κ1) is 12.7. The van der Waals surface area contributed by atoms with Crippen molar-refractivity contribution in [2.45, 2.75) is 32.2 Å². The molecule has 0 spiro atoms. The van der Waals surface area contributed by atoms with E-state index in [1.54, 1.807) is 18.2 Å². The molecule has 2 aromatic rings. The highest BCUT2D eigenvalue weighted by Gasteiger charge is 2.30. The maximum absolute atomic E-state index is 12.4. The van der Waals surface area contributed by atoms with Gasteiger partial charge in [-0.25, -0.2) is 0 Å². The minimum Gasteiger partial charge on any atom is -0.481 e. The summed E-state index contributed by atoms with van der Waals surface area (Å²) in [5, 5.41) is 9.24. The van der Waals surface area contributed by atoms with Gasteiger partial charge in [0.05, 0.1) is 17.9 Å². The monoisotopic (exact) mass is 273 g/mol. The maximum atomic E-state index is 12.4.